The molecule has 1 atom stereocenters. The molecule has 1 rings (SSSR count). The number of carbonyl (C=O) groups excluding carboxylic acids is 1. The second-order valence-corrected chi connectivity index (χ2v) is 5.22. The summed E-state index contributed by atoms with van der Waals surface area (Å²) in [6.07, 6.45) is 9.99. The van der Waals surface area contributed by atoms with Crippen LogP contribution in [-0.2, 0) is 4.79 Å². The number of rotatable bonds is 6. The van der Waals surface area contributed by atoms with E-state index in [2.05, 4.69) is 17.6 Å². The summed E-state index contributed by atoms with van der Waals surface area (Å²) in [5, 5.41) is 6.46. The Morgan fingerprint density at radius 2 is 1.88 bits per heavy atom. The Kier molecular flexibility index (Phi) is 7.25. The maximum absolute atomic E-state index is 11.8. The largest absolute Gasteiger partial charge is 0.355 e. The highest BCUT2D eigenvalue weighted by Gasteiger charge is 2.18. The molecule has 1 saturated carbocycles. The van der Waals surface area contributed by atoms with Crippen molar-refractivity contribution in [3.05, 3.63) is 0 Å². The number of carbonyl (C=O) groups is 1. The van der Waals surface area contributed by atoms with Gasteiger partial charge >= 0.3 is 0 Å². The first-order chi connectivity index (χ1) is 8.24. The molecule has 1 aliphatic rings. The molecule has 2 N–H and O–H groups in total. The third-order valence-electron chi connectivity index (χ3n) is 3.56. The summed E-state index contributed by atoms with van der Waals surface area (Å²) >= 11 is 0. The fourth-order valence-corrected chi connectivity index (χ4v) is 2.42. The lowest BCUT2D eigenvalue weighted by molar-refractivity contribution is -0.122. The van der Waals surface area contributed by atoms with Gasteiger partial charge < -0.3 is 10.6 Å². The van der Waals surface area contributed by atoms with E-state index in [9.17, 15) is 4.79 Å². The number of amides is 1. The Balaban J connectivity index is 2.21. The highest BCUT2D eigenvalue weighted by atomic mass is 16.2. The molecule has 3 heteroatoms. The van der Waals surface area contributed by atoms with Gasteiger partial charge in [-0.15, -0.1) is 0 Å². The van der Waals surface area contributed by atoms with Crippen LogP contribution < -0.4 is 10.6 Å². The number of hydrogen-bond donors (Lipinski definition) is 2. The van der Waals surface area contributed by atoms with E-state index in [1.807, 2.05) is 6.92 Å². The summed E-state index contributed by atoms with van der Waals surface area (Å²) in [7, 11) is 0. The van der Waals surface area contributed by atoms with E-state index in [-0.39, 0.29) is 11.9 Å². The highest BCUT2D eigenvalue weighted by Crippen LogP contribution is 2.17. The standard InChI is InChI=1S/C14H28N2O/c1-3-4-11-15-14(17)12(2)16-13-9-7-5-6-8-10-13/h12-13,16H,3-11H2,1-2H3,(H,15,17). The van der Waals surface area contributed by atoms with E-state index in [0.29, 0.717) is 6.04 Å². The van der Waals surface area contributed by atoms with Gasteiger partial charge in [0.15, 0.2) is 0 Å². The Labute approximate surface area is 106 Å². The summed E-state index contributed by atoms with van der Waals surface area (Å²) in [5.41, 5.74) is 0. The number of hydrogen-bond acceptors (Lipinski definition) is 2. The lowest BCUT2D eigenvalue weighted by atomic mass is 10.1. The smallest absolute Gasteiger partial charge is 0.236 e. The van der Waals surface area contributed by atoms with Crippen LogP contribution in [0.15, 0.2) is 0 Å². The molecular formula is C14H28N2O. The third-order valence-corrected chi connectivity index (χ3v) is 3.56. The number of nitrogens with one attached hydrogen (secondary N) is 2. The van der Waals surface area contributed by atoms with Crippen molar-refractivity contribution in [2.75, 3.05) is 6.54 Å². The first-order valence-electron chi connectivity index (χ1n) is 7.27. The van der Waals surface area contributed by atoms with Crippen molar-refractivity contribution in [3.8, 4) is 0 Å². The Bertz CT molecular complexity index is 210. The van der Waals surface area contributed by atoms with Crippen LogP contribution in [-0.4, -0.2) is 24.5 Å². The van der Waals surface area contributed by atoms with E-state index in [4.69, 9.17) is 0 Å². The van der Waals surface area contributed by atoms with Crippen molar-refractivity contribution >= 4 is 5.91 Å². The molecule has 1 amide bonds. The van der Waals surface area contributed by atoms with E-state index in [1.54, 1.807) is 0 Å². The van der Waals surface area contributed by atoms with Gasteiger partial charge in [-0.3, -0.25) is 4.79 Å². The molecule has 100 valence electrons. The van der Waals surface area contributed by atoms with Crippen LogP contribution in [0.1, 0.15) is 65.2 Å². The quantitative estimate of drug-likeness (QED) is 0.553. The Morgan fingerprint density at radius 3 is 2.47 bits per heavy atom. The van der Waals surface area contributed by atoms with Gasteiger partial charge in [-0.1, -0.05) is 39.0 Å². The molecule has 17 heavy (non-hydrogen) atoms. The minimum atomic E-state index is -0.0463. The average molecular weight is 240 g/mol. The fourth-order valence-electron chi connectivity index (χ4n) is 2.42. The van der Waals surface area contributed by atoms with Gasteiger partial charge in [-0.25, -0.2) is 0 Å². The normalized spacial score (nSPS) is 19.6. The molecule has 0 saturated heterocycles. The predicted octanol–water partition coefficient (Wildman–Crippen LogP) is 2.60. The molecule has 0 aromatic carbocycles. The van der Waals surface area contributed by atoms with Crippen molar-refractivity contribution in [2.24, 2.45) is 0 Å². The minimum absolute atomic E-state index is 0.0463. The second-order valence-electron chi connectivity index (χ2n) is 5.22. The van der Waals surface area contributed by atoms with Crippen molar-refractivity contribution in [3.63, 3.8) is 0 Å². The molecule has 0 aliphatic heterocycles. The van der Waals surface area contributed by atoms with E-state index >= 15 is 0 Å². The van der Waals surface area contributed by atoms with Gasteiger partial charge in [-0.05, 0) is 26.2 Å². The molecular weight excluding hydrogens is 212 g/mol. The van der Waals surface area contributed by atoms with Crippen molar-refractivity contribution in [1.82, 2.24) is 10.6 Å². The minimum Gasteiger partial charge on any atom is -0.355 e. The van der Waals surface area contributed by atoms with Gasteiger partial charge in [0.05, 0.1) is 6.04 Å². The van der Waals surface area contributed by atoms with Gasteiger partial charge in [0.25, 0.3) is 0 Å². The van der Waals surface area contributed by atoms with Gasteiger partial charge in [-0.2, -0.15) is 0 Å². The maximum atomic E-state index is 11.8. The van der Waals surface area contributed by atoms with E-state index < -0.39 is 0 Å². The zero-order chi connectivity index (χ0) is 12.5. The molecule has 0 heterocycles. The molecule has 0 radical (unpaired) electrons. The average Bonchev–Trinajstić information content (AvgIpc) is 2.57. The topological polar surface area (TPSA) is 41.1 Å². The zero-order valence-corrected chi connectivity index (χ0v) is 11.4. The summed E-state index contributed by atoms with van der Waals surface area (Å²) in [4.78, 5) is 11.8. The van der Waals surface area contributed by atoms with Crippen molar-refractivity contribution < 1.29 is 4.79 Å². The molecule has 0 aromatic rings. The highest BCUT2D eigenvalue weighted by molar-refractivity contribution is 5.81. The van der Waals surface area contributed by atoms with Crippen LogP contribution >= 0.6 is 0 Å². The summed E-state index contributed by atoms with van der Waals surface area (Å²) < 4.78 is 0. The monoisotopic (exact) mass is 240 g/mol. The molecule has 1 unspecified atom stereocenters. The molecule has 0 aromatic heterocycles. The molecule has 3 nitrogen and oxygen atoms in total. The van der Waals surface area contributed by atoms with Gasteiger partial charge in [0.2, 0.25) is 5.91 Å². The van der Waals surface area contributed by atoms with Gasteiger partial charge in [0, 0.05) is 12.6 Å². The summed E-state index contributed by atoms with van der Waals surface area (Å²) in [6, 6.07) is 0.499. The van der Waals surface area contributed by atoms with Crippen molar-refractivity contribution in [2.45, 2.75) is 77.3 Å². The zero-order valence-electron chi connectivity index (χ0n) is 11.4. The third kappa shape index (κ3) is 6.06. The van der Waals surface area contributed by atoms with Crippen LogP contribution in [0.5, 0.6) is 0 Å². The van der Waals surface area contributed by atoms with Crippen LogP contribution in [0, 0.1) is 0 Å². The predicted molar refractivity (Wildman–Crippen MR) is 72.0 cm³/mol. The maximum Gasteiger partial charge on any atom is 0.236 e. The Morgan fingerprint density at radius 1 is 1.24 bits per heavy atom. The van der Waals surface area contributed by atoms with E-state index in [1.165, 1.54) is 38.5 Å². The SMILES string of the molecule is CCCCNC(=O)C(C)NC1CCCCCC1. The molecule has 0 bridgehead atoms. The molecule has 1 fully saturated rings. The molecule has 0 spiro atoms. The lowest BCUT2D eigenvalue weighted by Crippen LogP contribution is -2.46. The van der Waals surface area contributed by atoms with E-state index in [0.717, 1.165) is 19.4 Å². The number of unbranched alkanes of at least 4 members (excludes halogenated alkanes) is 1. The molecule has 1 aliphatic carbocycles. The van der Waals surface area contributed by atoms with Crippen LogP contribution in [0.3, 0.4) is 0 Å². The first-order valence-corrected chi connectivity index (χ1v) is 7.27. The van der Waals surface area contributed by atoms with Crippen LogP contribution in [0.2, 0.25) is 0 Å². The van der Waals surface area contributed by atoms with Gasteiger partial charge in [0.1, 0.15) is 0 Å². The second kappa shape index (κ2) is 8.51. The lowest BCUT2D eigenvalue weighted by Gasteiger charge is -2.21. The fraction of sp³-hybridized carbons (Fsp3) is 0.929. The van der Waals surface area contributed by atoms with Crippen LogP contribution in [0.4, 0.5) is 0 Å². The Hall–Kier alpha value is -0.570. The summed E-state index contributed by atoms with van der Waals surface area (Å²) in [5.74, 6) is 0.155. The van der Waals surface area contributed by atoms with Crippen molar-refractivity contribution in [1.29, 1.82) is 0 Å². The van der Waals surface area contributed by atoms with Crippen LogP contribution in [0.25, 0.3) is 0 Å². The summed E-state index contributed by atoms with van der Waals surface area (Å²) in [6.45, 7) is 4.93. The first kappa shape index (κ1) is 14.5.